The average molecular weight is 423 g/mol. The van der Waals surface area contributed by atoms with Crippen LogP contribution in [0.1, 0.15) is 48.9 Å². The van der Waals surface area contributed by atoms with Gasteiger partial charge in [-0.1, -0.05) is 37.0 Å². The fraction of sp³-hybridized carbons (Fsp3) is 0.542. The Bertz CT molecular complexity index is 916. The van der Waals surface area contributed by atoms with Gasteiger partial charge in [0.15, 0.2) is 0 Å². The fourth-order valence-corrected chi connectivity index (χ4v) is 4.49. The first kappa shape index (κ1) is 21.4. The minimum atomic E-state index is -0.0369. The van der Waals surface area contributed by atoms with Gasteiger partial charge in [0.25, 0.3) is 0 Å². The zero-order valence-electron chi connectivity index (χ0n) is 18.9. The number of aryl methyl sites for hydroxylation is 3. The molecule has 2 aliphatic rings. The van der Waals surface area contributed by atoms with Crippen molar-refractivity contribution in [2.75, 3.05) is 41.7 Å². The van der Waals surface area contributed by atoms with Crippen LogP contribution in [-0.2, 0) is 0 Å². The number of piperazine rings is 1. The van der Waals surface area contributed by atoms with E-state index < -0.39 is 0 Å². The first-order valence-electron chi connectivity index (χ1n) is 11.5. The molecule has 4 rings (SSSR count). The molecule has 7 nitrogen and oxygen atoms in total. The zero-order valence-corrected chi connectivity index (χ0v) is 18.9. The van der Waals surface area contributed by atoms with Crippen LogP contribution in [0.2, 0.25) is 0 Å². The highest BCUT2D eigenvalue weighted by atomic mass is 16.2. The topological polar surface area (TPSA) is 73.4 Å². The highest BCUT2D eigenvalue weighted by molar-refractivity contribution is 5.90. The van der Waals surface area contributed by atoms with Crippen LogP contribution in [0.5, 0.6) is 0 Å². The summed E-state index contributed by atoms with van der Waals surface area (Å²) in [4.78, 5) is 26.3. The number of rotatable bonds is 4. The number of amides is 2. The molecular weight excluding hydrogens is 388 g/mol. The molecule has 2 amide bonds. The van der Waals surface area contributed by atoms with Crippen molar-refractivity contribution >= 4 is 23.5 Å². The molecule has 1 aliphatic heterocycles. The predicted molar refractivity (Wildman–Crippen MR) is 126 cm³/mol. The molecular formula is C24H34N6O. The second-order valence-corrected chi connectivity index (χ2v) is 8.89. The number of anilines is 3. The lowest BCUT2D eigenvalue weighted by Crippen LogP contribution is -2.50. The van der Waals surface area contributed by atoms with Gasteiger partial charge < -0.3 is 20.4 Å². The number of nitrogens with zero attached hydrogens (tertiary/aromatic N) is 4. The summed E-state index contributed by atoms with van der Waals surface area (Å²) in [5, 5.41) is 6.60. The lowest BCUT2D eigenvalue weighted by atomic mass is 9.96. The van der Waals surface area contributed by atoms with Crippen molar-refractivity contribution in [1.29, 1.82) is 0 Å². The largest absolute Gasteiger partial charge is 0.353 e. The number of aromatic nitrogens is 2. The average Bonchev–Trinajstić information content (AvgIpc) is 2.76. The second-order valence-electron chi connectivity index (χ2n) is 8.89. The molecule has 2 fully saturated rings. The monoisotopic (exact) mass is 422 g/mol. The van der Waals surface area contributed by atoms with Crippen molar-refractivity contribution in [3.8, 4) is 0 Å². The molecule has 1 aliphatic carbocycles. The van der Waals surface area contributed by atoms with Crippen LogP contribution in [0.25, 0.3) is 0 Å². The summed E-state index contributed by atoms with van der Waals surface area (Å²) in [5.41, 5.74) is 4.13. The van der Waals surface area contributed by atoms with Crippen LogP contribution in [-0.4, -0.2) is 53.1 Å². The summed E-state index contributed by atoms with van der Waals surface area (Å²) in [5.74, 6) is 1.68. The molecule has 1 aromatic carbocycles. The molecule has 2 heterocycles. The van der Waals surface area contributed by atoms with Crippen LogP contribution in [0, 0.1) is 20.8 Å². The van der Waals surface area contributed by atoms with Gasteiger partial charge in [0.2, 0.25) is 5.95 Å². The quantitative estimate of drug-likeness (QED) is 0.759. The van der Waals surface area contributed by atoms with Gasteiger partial charge in [0, 0.05) is 49.7 Å². The minimum absolute atomic E-state index is 0.0369. The Morgan fingerprint density at radius 3 is 2.42 bits per heavy atom. The highest BCUT2D eigenvalue weighted by Crippen LogP contribution is 2.23. The Kier molecular flexibility index (Phi) is 6.59. The number of hydrogen-bond acceptors (Lipinski definition) is 5. The van der Waals surface area contributed by atoms with E-state index >= 15 is 0 Å². The molecule has 31 heavy (non-hydrogen) atoms. The minimum Gasteiger partial charge on any atom is -0.353 e. The standard InChI is InChI=1S/C24H34N6O/c1-17-9-10-21(18(2)15-17)27-24(31)30-13-11-29(12-14-30)22-16-19(3)25-23(28-22)26-20-7-5-4-6-8-20/h9-10,15-16,20H,4-8,11-14H2,1-3H3,(H,27,31)(H,25,26,28). The number of carbonyl (C=O) groups excluding carboxylic acids is 1. The molecule has 1 aromatic heterocycles. The summed E-state index contributed by atoms with van der Waals surface area (Å²) in [7, 11) is 0. The van der Waals surface area contributed by atoms with E-state index in [1.165, 1.54) is 37.7 Å². The Morgan fingerprint density at radius 2 is 1.71 bits per heavy atom. The molecule has 0 unspecified atom stereocenters. The maximum absolute atomic E-state index is 12.7. The number of urea groups is 1. The Hall–Kier alpha value is -2.83. The number of hydrogen-bond donors (Lipinski definition) is 2. The van der Waals surface area contributed by atoms with Crippen LogP contribution < -0.4 is 15.5 Å². The Balaban J connectivity index is 1.35. The summed E-state index contributed by atoms with van der Waals surface area (Å²) in [6.45, 7) is 8.97. The van der Waals surface area contributed by atoms with Crippen molar-refractivity contribution in [3.05, 3.63) is 41.1 Å². The van der Waals surface area contributed by atoms with Crippen LogP contribution in [0.3, 0.4) is 0 Å². The van der Waals surface area contributed by atoms with Gasteiger partial charge in [-0.25, -0.2) is 9.78 Å². The van der Waals surface area contributed by atoms with Crippen LogP contribution in [0.4, 0.5) is 22.2 Å². The molecule has 2 aromatic rings. The summed E-state index contributed by atoms with van der Waals surface area (Å²) in [6, 6.07) is 8.57. The highest BCUT2D eigenvalue weighted by Gasteiger charge is 2.23. The van der Waals surface area contributed by atoms with E-state index in [0.29, 0.717) is 19.1 Å². The Labute approximate surface area is 185 Å². The maximum Gasteiger partial charge on any atom is 0.321 e. The smallest absolute Gasteiger partial charge is 0.321 e. The van der Waals surface area contributed by atoms with Crippen molar-refractivity contribution < 1.29 is 4.79 Å². The predicted octanol–water partition coefficient (Wildman–Crippen LogP) is 4.50. The van der Waals surface area contributed by atoms with Gasteiger partial charge in [0.05, 0.1) is 0 Å². The summed E-state index contributed by atoms with van der Waals surface area (Å²) < 4.78 is 0. The van der Waals surface area contributed by atoms with Gasteiger partial charge in [-0.05, 0) is 45.2 Å². The number of nitrogens with one attached hydrogen (secondary N) is 2. The number of carbonyl (C=O) groups is 1. The van der Waals surface area contributed by atoms with Gasteiger partial charge in [-0.15, -0.1) is 0 Å². The molecule has 7 heteroatoms. The van der Waals surface area contributed by atoms with Crippen molar-refractivity contribution in [3.63, 3.8) is 0 Å². The molecule has 1 saturated carbocycles. The third-order valence-electron chi connectivity index (χ3n) is 6.29. The third kappa shape index (κ3) is 5.46. The van der Waals surface area contributed by atoms with Crippen LogP contribution >= 0.6 is 0 Å². The van der Waals surface area contributed by atoms with Gasteiger partial charge >= 0.3 is 6.03 Å². The van der Waals surface area contributed by atoms with E-state index in [4.69, 9.17) is 4.98 Å². The van der Waals surface area contributed by atoms with Crippen molar-refractivity contribution in [2.24, 2.45) is 0 Å². The molecule has 0 spiro atoms. The third-order valence-corrected chi connectivity index (χ3v) is 6.29. The van der Waals surface area contributed by atoms with E-state index in [0.717, 1.165) is 41.8 Å². The first-order chi connectivity index (χ1) is 15.0. The second kappa shape index (κ2) is 9.54. The van der Waals surface area contributed by atoms with E-state index in [-0.39, 0.29) is 6.03 Å². The number of benzene rings is 1. The Morgan fingerprint density at radius 1 is 0.968 bits per heavy atom. The maximum atomic E-state index is 12.7. The van der Waals surface area contributed by atoms with E-state index in [2.05, 4.69) is 33.5 Å². The lowest BCUT2D eigenvalue weighted by molar-refractivity contribution is 0.208. The van der Waals surface area contributed by atoms with E-state index in [1.807, 2.05) is 36.9 Å². The fourth-order valence-electron chi connectivity index (χ4n) is 4.49. The van der Waals surface area contributed by atoms with Crippen LogP contribution in [0.15, 0.2) is 24.3 Å². The van der Waals surface area contributed by atoms with Gasteiger partial charge in [0.1, 0.15) is 5.82 Å². The lowest BCUT2D eigenvalue weighted by Gasteiger charge is -2.35. The molecule has 166 valence electrons. The van der Waals surface area contributed by atoms with Gasteiger partial charge in [-0.3, -0.25) is 0 Å². The molecule has 1 saturated heterocycles. The van der Waals surface area contributed by atoms with E-state index in [9.17, 15) is 4.79 Å². The zero-order chi connectivity index (χ0) is 21.8. The molecule has 0 atom stereocenters. The first-order valence-corrected chi connectivity index (χ1v) is 11.5. The molecule has 0 bridgehead atoms. The molecule has 2 N–H and O–H groups in total. The van der Waals surface area contributed by atoms with Crippen molar-refractivity contribution in [2.45, 2.75) is 58.9 Å². The van der Waals surface area contributed by atoms with E-state index in [1.54, 1.807) is 0 Å². The summed E-state index contributed by atoms with van der Waals surface area (Å²) >= 11 is 0. The normalized spacial score (nSPS) is 17.5. The van der Waals surface area contributed by atoms with Gasteiger partial charge in [-0.2, -0.15) is 4.98 Å². The molecule has 0 radical (unpaired) electrons. The van der Waals surface area contributed by atoms with Crippen molar-refractivity contribution in [1.82, 2.24) is 14.9 Å². The summed E-state index contributed by atoms with van der Waals surface area (Å²) in [6.07, 6.45) is 6.28. The SMILES string of the molecule is Cc1ccc(NC(=O)N2CCN(c3cc(C)nc(NC4CCCCC4)n3)CC2)c(C)c1.